The molecule has 2 rings (SSSR count). The molecule has 2 aromatic rings. The van der Waals surface area contributed by atoms with Crippen molar-refractivity contribution in [3.63, 3.8) is 0 Å². The third-order valence-corrected chi connectivity index (χ3v) is 3.96. The number of halogens is 2. The number of benzene rings is 1. The maximum Gasteiger partial charge on any atom is 0.508 e. The molecule has 32 heavy (non-hydrogen) atoms. The lowest BCUT2D eigenvalue weighted by Crippen LogP contribution is -2.41. The first-order chi connectivity index (χ1) is 14.8. The van der Waals surface area contributed by atoms with Gasteiger partial charge in [-0.05, 0) is 52.8 Å². The van der Waals surface area contributed by atoms with E-state index in [0.717, 1.165) is 0 Å². The number of nitrogens with one attached hydrogen (secondary N) is 1. The lowest BCUT2D eigenvalue weighted by molar-refractivity contribution is -0.144. The first-order valence-electron chi connectivity index (χ1n) is 9.77. The largest absolute Gasteiger partial charge is 0.508 e. The second kappa shape index (κ2) is 9.92. The Morgan fingerprint density at radius 1 is 1.09 bits per heavy atom. The maximum absolute atomic E-state index is 13.2. The zero-order valence-electron chi connectivity index (χ0n) is 18.8. The van der Waals surface area contributed by atoms with Crippen LogP contribution in [-0.2, 0) is 19.0 Å². The summed E-state index contributed by atoms with van der Waals surface area (Å²) in [4.78, 5) is 31.2. The number of alkyl halides is 2. The molecule has 0 unspecified atom stereocenters. The highest BCUT2D eigenvalue weighted by Crippen LogP contribution is 2.29. The molecule has 1 aromatic carbocycles. The molecule has 0 saturated carbocycles. The van der Waals surface area contributed by atoms with E-state index >= 15 is 0 Å². The van der Waals surface area contributed by atoms with E-state index in [9.17, 15) is 18.4 Å². The van der Waals surface area contributed by atoms with Gasteiger partial charge in [-0.2, -0.15) is 4.98 Å². The van der Waals surface area contributed by atoms with Crippen molar-refractivity contribution < 1.29 is 37.3 Å². The van der Waals surface area contributed by atoms with Gasteiger partial charge in [0.25, 0.3) is 6.43 Å². The SMILES string of the molecule is COC(=O)C(C)(C)Nc1ccc2nc(C(F)F)nc(OCCOC(=O)OC(C)(C)C)c2c1. The molecular weight excluding hydrogens is 428 g/mol. The predicted molar refractivity (Wildman–Crippen MR) is 112 cm³/mol. The van der Waals surface area contributed by atoms with Crippen LogP contribution in [0, 0.1) is 0 Å². The fraction of sp³-hybridized carbons (Fsp3) is 0.524. The predicted octanol–water partition coefficient (Wildman–Crippen LogP) is 4.26. The molecule has 1 aromatic heterocycles. The van der Waals surface area contributed by atoms with Gasteiger partial charge in [0.1, 0.15) is 24.4 Å². The van der Waals surface area contributed by atoms with Crippen LogP contribution in [-0.4, -0.2) is 53.6 Å². The Morgan fingerprint density at radius 2 is 1.78 bits per heavy atom. The van der Waals surface area contributed by atoms with Gasteiger partial charge in [-0.15, -0.1) is 0 Å². The van der Waals surface area contributed by atoms with Crippen LogP contribution in [0.2, 0.25) is 0 Å². The van der Waals surface area contributed by atoms with Crippen LogP contribution >= 0.6 is 0 Å². The van der Waals surface area contributed by atoms with Crippen molar-refractivity contribution in [1.29, 1.82) is 0 Å². The Labute approximate surface area is 184 Å². The average molecular weight is 455 g/mol. The van der Waals surface area contributed by atoms with Crippen LogP contribution in [0.3, 0.4) is 0 Å². The Balaban J connectivity index is 2.23. The van der Waals surface area contributed by atoms with Crippen molar-refractivity contribution in [1.82, 2.24) is 9.97 Å². The van der Waals surface area contributed by atoms with Crippen LogP contribution in [0.4, 0.5) is 19.3 Å². The Bertz CT molecular complexity index is 976. The summed E-state index contributed by atoms with van der Waals surface area (Å²) >= 11 is 0. The Morgan fingerprint density at radius 3 is 2.38 bits per heavy atom. The molecular formula is C21H27F2N3O6. The Kier molecular flexibility index (Phi) is 7.76. The van der Waals surface area contributed by atoms with E-state index in [-0.39, 0.29) is 24.6 Å². The number of hydrogen-bond donors (Lipinski definition) is 1. The summed E-state index contributed by atoms with van der Waals surface area (Å²) in [6.45, 7) is 8.00. The normalized spacial score (nSPS) is 11.9. The highest BCUT2D eigenvalue weighted by Gasteiger charge is 2.28. The number of esters is 1. The van der Waals surface area contributed by atoms with E-state index in [1.807, 2.05) is 0 Å². The number of ether oxygens (including phenoxy) is 4. The van der Waals surface area contributed by atoms with Crippen molar-refractivity contribution in [2.24, 2.45) is 0 Å². The summed E-state index contributed by atoms with van der Waals surface area (Å²) in [5.41, 5.74) is -1.04. The molecule has 0 aliphatic heterocycles. The molecule has 0 aliphatic carbocycles. The van der Waals surface area contributed by atoms with Gasteiger partial charge in [-0.1, -0.05) is 0 Å². The number of methoxy groups -OCH3 is 1. The molecule has 1 heterocycles. The highest BCUT2D eigenvalue weighted by molar-refractivity contribution is 5.89. The lowest BCUT2D eigenvalue weighted by atomic mass is 10.1. The summed E-state index contributed by atoms with van der Waals surface area (Å²) in [6.07, 6.45) is -3.78. The molecule has 0 bridgehead atoms. The van der Waals surface area contributed by atoms with E-state index in [4.69, 9.17) is 18.9 Å². The highest BCUT2D eigenvalue weighted by atomic mass is 19.3. The molecule has 0 saturated heterocycles. The zero-order chi connectivity index (χ0) is 24.1. The van der Waals surface area contributed by atoms with Gasteiger partial charge in [-0.3, -0.25) is 0 Å². The monoisotopic (exact) mass is 455 g/mol. The molecule has 0 aliphatic rings. The Hall–Kier alpha value is -3.24. The van der Waals surface area contributed by atoms with Gasteiger partial charge >= 0.3 is 12.1 Å². The number of carbonyl (C=O) groups is 2. The number of anilines is 1. The minimum absolute atomic E-state index is 0.113. The van der Waals surface area contributed by atoms with Crippen molar-refractivity contribution in [2.45, 2.75) is 52.2 Å². The topological polar surface area (TPSA) is 109 Å². The smallest absolute Gasteiger partial charge is 0.474 e. The molecule has 0 spiro atoms. The van der Waals surface area contributed by atoms with E-state index in [1.54, 1.807) is 46.8 Å². The number of rotatable bonds is 8. The third kappa shape index (κ3) is 6.89. The molecule has 0 atom stereocenters. The van der Waals surface area contributed by atoms with Crippen molar-refractivity contribution in [3.05, 3.63) is 24.0 Å². The molecule has 9 nitrogen and oxygen atoms in total. The number of carbonyl (C=O) groups excluding carboxylic acids is 2. The fourth-order valence-corrected chi connectivity index (χ4v) is 2.61. The summed E-state index contributed by atoms with van der Waals surface area (Å²) in [5, 5.41) is 3.34. The fourth-order valence-electron chi connectivity index (χ4n) is 2.61. The molecule has 0 amide bonds. The second-order valence-electron chi connectivity index (χ2n) is 8.32. The van der Waals surface area contributed by atoms with Crippen LogP contribution in [0.15, 0.2) is 18.2 Å². The zero-order valence-corrected chi connectivity index (χ0v) is 18.8. The van der Waals surface area contributed by atoms with Gasteiger partial charge in [0.05, 0.1) is 18.0 Å². The van der Waals surface area contributed by atoms with Crippen LogP contribution in [0.5, 0.6) is 5.88 Å². The number of fused-ring (bicyclic) bond motifs is 1. The van der Waals surface area contributed by atoms with Crippen molar-refractivity contribution in [2.75, 3.05) is 25.6 Å². The first kappa shape index (κ1) is 25.0. The average Bonchev–Trinajstić information content (AvgIpc) is 2.68. The molecule has 0 fully saturated rings. The number of nitrogens with zero attached hydrogens (tertiary/aromatic N) is 2. The van der Waals surface area contributed by atoms with E-state index in [1.165, 1.54) is 13.2 Å². The van der Waals surface area contributed by atoms with Gasteiger partial charge in [0, 0.05) is 5.69 Å². The van der Waals surface area contributed by atoms with Crippen LogP contribution in [0.25, 0.3) is 10.9 Å². The standard InChI is InChI=1S/C21H27F2N3O6/c1-20(2,3)32-19(28)31-10-9-30-17-13-11-12(26-21(4,5)18(27)29-6)7-8-14(13)24-16(25-17)15(22)23/h7-8,11,15,26H,9-10H2,1-6H3. The van der Waals surface area contributed by atoms with E-state index in [0.29, 0.717) is 11.1 Å². The maximum atomic E-state index is 13.2. The number of aromatic nitrogens is 2. The quantitative estimate of drug-likeness (QED) is 0.461. The first-order valence-corrected chi connectivity index (χ1v) is 9.77. The van der Waals surface area contributed by atoms with Crippen LogP contribution in [0.1, 0.15) is 46.9 Å². The minimum Gasteiger partial charge on any atom is -0.474 e. The van der Waals surface area contributed by atoms with E-state index in [2.05, 4.69) is 15.3 Å². The second-order valence-corrected chi connectivity index (χ2v) is 8.32. The van der Waals surface area contributed by atoms with Crippen LogP contribution < -0.4 is 10.1 Å². The van der Waals surface area contributed by atoms with Gasteiger partial charge in [-0.25, -0.2) is 23.4 Å². The third-order valence-electron chi connectivity index (χ3n) is 3.96. The minimum atomic E-state index is -2.91. The van der Waals surface area contributed by atoms with Crippen molar-refractivity contribution >= 4 is 28.7 Å². The van der Waals surface area contributed by atoms with Gasteiger partial charge in [0.2, 0.25) is 5.88 Å². The molecule has 0 radical (unpaired) electrons. The summed E-state index contributed by atoms with van der Waals surface area (Å²) in [7, 11) is 1.27. The molecule has 1 N–H and O–H groups in total. The van der Waals surface area contributed by atoms with Crippen molar-refractivity contribution in [3.8, 4) is 5.88 Å². The van der Waals surface area contributed by atoms with Gasteiger partial charge in [0.15, 0.2) is 5.82 Å². The van der Waals surface area contributed by atoms with Gasteiger partial charge < -0.3 is 24.3 Å². The molecule has 176 valence electrons. The summed E-state index contributed by atoms with van der Waals surface area (Å²) in [6, 6.07) is 4.66. The van der Waals surface area contributed by atoms with E-state index < -0.39 is 35.5 Å². The summed E-state index contributed by atoms with van der Waals surface area (Å²) < 4.78 is 46.7. The number of hydrogen-bond acceptors (Lipinski definition) is 9. The lowest BCUT2D eigenvalue weighted by Gasteiger charge is -2.24. The summed E-state index contributed by atoms with van der Waals surface area (Å²) in [5.74, 6) is -1.30. The molecule has 11 heteroatoms.